The molecule has 0 amide bonds. The summed E-state index contributed by atoms with van der Waals surface area (Å²) in [4.78, 5) is 8.11. The van der Waals surface area contributed by atoms with Crippen LogP contribution in [0.2, 0.25) is 0 Å². The van der Waals surface area contributed by atoms with Crippen molar-refractivity contribution in [2.24, 2.45) is 5.73 Å². The number of aromatic nitrogens is 4. The van der Waals surface area contributed by atoms with Crippen LogP contribution in [0, 0.1) is 0 Å². The van der Waals surface area contributed by atoms with Crippen molar-refractivity contribution < 1.29 is 4.39 Å². The summed E-state index contributed by atoms with van der Waals surface area (Å²) in [6.45, 7) is 0.122. The van der Waals surface area contributed by atoms with Gasteiger partial charge in [0.25, 0.3) is 0 Å². The number of nitrogens with two attached hydrogens (primary N) is 1. The largest absolute Gasteiger partial charge is 0.326 e. The van der Waals surface area contributed by atoms with Gasteiger partial charge in [0.05, 0.1) is 12.7 Å². The predicted molar refractivity (Wildman–Crippen MR) is 57.1 cm³/mol. The molecule has 2 heterocycles. The molecule has 0 unspecified atom stereocenters. The molecule has 84 valence electrons. The van der Waals surface area contributed by atoms with E-state index in [0.717, 1.165) is 5.56 Å². The maximum absolute atomic E-state index is 12.2. The normalized spacial score (nSPS) is 10.6. The van der Waals surface area contributed by atoms with Gasteiger partial charge in [0.15, 0.2) is 0 Å². The topological polar surface area (TPSA) is 69.6 Å². The molecule has 2 N–H and O–H groups in total. The van der Waals surface area contributed by atoms with Gasteiger partial charge in [0.2, 0.25) is 0 Å². The maximum atomic E-state index is 12.2. The second kappa shape index (κ2) is 4.80. The Morgan fingerprint density at radius 2 is 2.25 bits per heavy atom. The van der Waals surface area contributed by atoms with Crippen molar-refractivity contribution in [3.63, 3.8) is 0 Å². The van der Waals surface area contributed by atoms with Crippen molar-refractivity contribution in [3.8, 4) is 11.4 Å². The molecule has 0 saturated heterocycles. The zero-order chi connectivity index (χ0) is 11.4. The Bertz CT molecular complexity index is 453. The zero-order valence-corrected chi connectivity index (χ0v) is 8.67. The van der Waals surface area contributed by atoms with Crippen molar-refractivity contribution in [2.75, 3.05) is 6.67 Å². The van der Waals surface area contributed by atoms with Gasteiger partial charge in [-0.2, -0.15) is 5.10 Å². The minimum absolute atomic E-state index is 0.229. The van der Waals surface area contributed by atoms with Gasteiger partial charge >= 0.3 is 0 Å². The van der Waals surface area contributed by atoms with Gasteiger partial charge in [-0.15, -0.1) is 0 Å². The van der Waals surface area contributed by atoms with E-state index in [9.17, 15) is 4.39 Å². The molecular weight excluding hydrogens is 209 g/mol. The third kappa shape index (κ3) is 2.06. The molecule has 0 aliphatic carbocycles. The average Bonchev–Trinajstić information content (AvgIpc) is 2.74. The quantitative estimate of drug-likeness (QED) is 0.827. The lowest BCUT2D eigenvalue weighted by atomic mass is 10.2. The minimum atomic E-state index is -0.453. The second-order valence-electron chi connectivity index (χ2n) is 3.25. The molecule has 0 atom stereocenters. The van der Waals surface area contributed by atoms with Crippen molar-refractivity contribution in [1.29, 1.82) is 0 Å². The summed E-state index contributed by atoms with van der Waals surface area (Å²) in [5.41, 5.74) is 7.77. The third-order valence-corrected chi connectivity index (χ3v) is 2.18. The standard InChI is InChI=1S/C10H12FN5/c11-1-4-16-7-8(5-12)10(15-16)9-6-13-2-3-14-9/h2-3,6-7H,1,4-5,12H2. The van der Waals surface area contributed by atoms with E-state index in [0.29, 0.717) is 17.9 Å². The zero-order valence-electron chi connectivity index (χ0n) is 8.67. The number of hydrogen-bond acceptors (Lipinski definition) is 4. The van der Waals surface area contributed by atoms with Gasteiger partial charge < -0.3 is 5.73 Å². The van der Waals surface area contributed by atoms with Crippen molar-refractivity contribution >= 4 is 0 Å². The highest BCUT2D eigenvalue weighted by atomic mass is 19.1. The predicted octanol–water partition coefficient (Wildman–Crippen LogP) is 0.768. The summed E-state index contributed by atoms with van der Waals surface area (Å²) >= 11 is 0. The number of hydrogen-bond donors (Lipinski definition) is 1. The summed E-state index contributed by atoms with van der Waals surface area (Å²) in [5.74, 6) is 0. The van der Waals surface area contributed by atoms with Crippen LogP contribution in [-0.4, -0.2) is 26.4 Å². The lowest BCUT2D eigenvalue weighted by molar-refractivity contribution is 0.427. The number of nitrogens with zero attached hydrogens (tertiary/aromatic N) is 4. The van der Waals surface area contributed by atoms with Gasteiger partial charge in [-0.1, -0.05) is 0 Å². The van der Waals surface area contributed by atoms with Crippen LogP contribution in [0.1, 0.15) is 5.56 Å². The van der Waals surface area contributed by atoms with E-state index in [1.54, 1.807) is 24.8 Å². The number of aryl methyl sites for hydroxylation is 1. The van der Waals surface area contributed by atoms with Crippen LogP contribution in [0.25, 0.3) is 11.4 Å². The summed E-state index contributed by atoms with van der Waals surface area (Å²) in [5, 5.41) is 4.24. The first-order chi connectivity index (χ1) is 7.85. The lowest BCUT2D eigenvalue weighted by Gasteiger charge is -1.97. The van der Waals surface area contributed by atoms with Crippen LogP contribution in [0.5, 0.6) is 0 Å². The Balaban J connectivity index is 2.39. The summed E-state index contributed by atoms with van der Waals surface area (Å²) in [6.07, 6.45) is 6.53. The first kappa shape index (κ1) is 10.7. The fourth-order valence-corrected chi connectivity index (χ4v) is 1.45. The molecule has 0 aromatic carbocycles. The highest BCUT2D eigenvalue weighted by molar-refractivity contribution is 5.56. The maximum Gasteiger partial charge on any atom is 0.117 e. The SMILES string of the molecule is NCc1cn(CCF)nc1-c1cnccn1. The third-order valence-electron chi connectivity index (χ3n) is 2.18. The molecule has 0 aliphatic rings. The average molecular weight is 221 g/mol. The molecule has 0 spiro atoms. The van der Waals surface area contributed by atoms with Crippen molar-refractivity contribution in [3.05, 3.63) is 30.4 Å². The molecule has 0 fully saturated rings. The number of rotatable bonds is 4. The Labute approximate surface area is 92.1 Å². The lowest BCUT2D eigenvalue weighted by Crippen LogP contribution is -2.00. The molecule has 0 aliphatic heterocycles. The molecule has 0 bridgehead atoms. The molecule has 2 aromatic heterocycles. The Morgan fingerprint density at radius 1 is 1.38 bits per heavy atom. The van der Waals surface area contributed by atoms with Gasteiger partial charge in [-0.05, 0) is 0 Å². The van der Waals surface area contributed by atoms with Crippen molar-refractivity contribution in [1.82, 2.24) is 19.7 Å². The Hall–Kier alpha value is -1.82. The molecule has 6 heteroatoms. The van der Waals surface area contributed by atoms with Crippen LogP contribution in [0.4, 0.5) is 4.39 Å². The first-order valence-corrected chi connectivity index (χ1v) is 4.94. The number of alkyl halides is 1. The van der Waals surface area contributed by atoms with Crippen LogP contribution < -0.4 is 5.73 Å². The van der Waals surface area contributed by atoms with Gasteiger partial charge in [0, 0.05) is 30.7 Å². The summed E-state index contributed by atoms with van der Waals surface area (Å²) < 4.78 is 13.7. The molecule has 0 radical (unpaired) electrons. The van der Waals surface area contributed by atoms with E-state index in [2.05, 4.69) is 15.1 Å². The van der Waals surface area contributed by atoms with Crippen LogP contribution >= 0.6 is 0 Å². The fourth-order valence-electron chi connectivity index (χ4n) is 1.45. The smallest absolute Gasteiger partial charge is 0.117 e. The summed E-state index contributed by atoms with van der Waals surface area (Å²) in [6, 6.07) is 0. The van der Waals surface area contributed by atoms with E-state index in [-0.39, 0.29) is 6.54 Å². The molecule has 5 nitrogen and oxygen atoms in total. The number of halogens is 1. The first-order valence-electron chi connectivity index (χ1n) is 4.94. The van der Waals surface area contributed by atoms with E-state index in [1.807, 2.05) is 0 Å². The second-order valence-corrected chi connectivity index (χ2v) is 3.25. The molecular formula is C10H12FN5. The van der Waals surface area contributed by atoms with Crippen LogP contribution in [0.3, 0.4) is 0 Å². The van der Waals surface area contributed by atoms with Crippen LogP contribution in [-0.2, 0) is 13.1 Å². The van der Waals surface area contributed by atoms with Gasteiger partial charge in [-0.25, -0.2) is 4.39 Å². The van der Waals surface area contributed by atoms with Gasteiger partial charge in [-0.3, -0.25) is 14.6 Å². The molecule has 2 aromatic rings. The highest BCUT2D eigenvalue weighted by Crippen LogP contribution is 2.18. The molecule has 2 rings (SSSR count). The molecule has 16 heavy (non-hydrogen) atoms. The Kier molecular flexibility index (Phi) is 3.21. The van der Waals surface area contributed by atoms with E-state index in [1.165, 1.54) is 4.68 Å². The fraction of sp³-hybridized carbons (Fsp3) is 0.300. The van der Waals surface area contributed by atoms with E-state index in [4.69, 9.17) is 5.73 Å². The van der Waals surface area contributed by atoms with E-state index >= 15 is 0 Å². The monoisotopic (exact) mass is 221 g/mol. The minimum Gasteiger partial charge on any atom is -0.326 e. The summed E-state index contributed by atoms with van der Waals surface area (Å²) in [7, 11) is 0. The van der Waals surface area contributed by atoms with E-state index < -0.39 is 6.67 Å². The molecule has 0 saturated carbocycles. The highest BCUT2D eigenvalue weighted by Gasteiger charge is 2.10. The van der Waals surface area contributed by atoms with Gasteiger partial charge in [0.1, 0.15) is 18.1 Å². The van der Waals surface area contributed by atoms with Crippen molar-refractivity contribution in [2.45, 2.75) is 13.1 Å². The Morgan fingerprint density at radius 3 is 2.88 bits per heavy atom. The van der Waals surface area contributed by atoms with Crippen LogP contribution in [0.15, 0.2) is 24.8 Å².